The number of hydrogen-bond acceptors (Lipinski definition) is 2. The van der Waals surface area contributed by atoms with Gasteiger partial charge in [-0.15, -0.1) is 0 Å². The van der Waals surface area contributed by atoms with Crippen molar-refractivity contribution in [2.75, 3.05) is 7.05 Å². The Morgan fingerprint density at radius 1 is 1.45 bits per heavy atom. The quantitative estimate of drug-likeness (QED) is 0.595. The molecule has 0 bridgehead atoms. The van der Waals surface area contributed by atoms with Crippen molar-refractivity contribution >= 4 is 11.3 Å². The zero-order chi connectivity index (χ0) is 9.23. The van der Waals surface area contributed by atoms with Crippen LogP contribution in [0.15, 0.2) is 0 Å². The number of nitrogens with zero attached hydrogens (tertiary/aromatic N) is 1. The lowest BCUT2D eigenvalue weighted by Gasteiger charge is -2.35. The van der Waals surface area contributed by atoms with E-state index in [1.165, 1.54) is 4.31 Å². The monoisotopic (exact) mass is 178 g/mol. The van der Waals surface area contributed by atoms with Gasteiger partial charge in [0.2, 0.25) is 0 Å². The molecule has 0 fully saturated rings. The zero-order valence-corrected chi connectivity index (χ0v) is 8.57. The van der Waals surface area contributed by atoms with Gasteiger partial charge in [-0.25, -0.2) is 4.31 Å². The molecule has 68 valence electrons. The van der Waals surface area contributed by atoms with Crippen LogP contribution in [0.4, 0.5) is 0 Å². The first kappa shape index (κ1) is 11.1. The van der Waals surface area contributed by atoms with Gasteiger partial charge in [-0.2, -0.15) is 0 Å². The minimum Gasteiger partial charge on any atom is -0.760 e. The van der Waals surface area contributed by atoms with Gasteiger partial charge in [0.05, 0.1) is 0 Å². The molecule has 0 radical (unpaired) electrons. The topological polar surface area (TPSA) is 43.4 Å². The van der Waals surface area contributed by atoms with E-state index in [4.69, 9.17) is 0 Å². The van der Waals surface area contributed by atoms with Gasteiger partial charge in [-0.1, -0.05) is 20.8 Å². The summed E-state index contributed by atoms with van der Waals surface area (Å²) in [4.78, 5) is 0. The summed E-state index contributed by atoms with van der Waals surface area (Å²) < 4.78 is 22.4. The lowest BCUT2D eigenvalue weighted by atomic mass is 9.88. The second-order valence-corrected chi connectivity index (χ2v) is 4.82. The maximum absolute atomic E-state index is 10.5. The fraction of sp³-hybridized carbons (Fsp3) is 1.00. The molecule has 0 aromatic rings. The number of hydrogen-bond donors (Lipinski definition) is 0. The minimum atomic E-state index is -2.10. The van der Waals surface area contributed by atoms with Crippen molar-refractivity contribution < 1.29 is 8.76 Å². The van der Waals surface area contributed by atoms with Gasteiger partial charge in [0.25, 0.3) is 0 Å². The van der Waals surface area contributed by atoms with E-state index in [1.807, 2.05) is 27.7 Å². The molecule has 0 spiro atoms. The Labute approximate surface area is 71.2 Å². The number of rotatable bonds is 2. The van der Waals surface area contributed by atoms with Gasteiger partial charge in [0.1, 0.15) is 0 Å². The van der Waals surface area contributed by atoms with E-state index in [-0.39, 0.29) is 11.5 Å². The summed E-state index contributed by atoms with van der Waals surface area (Å²) in [5.41, 5.74) is -0.00514. The van der Waals surface area contributed by atoms with Crippen LogP contribution in [-0.4, -0.2) is 26.2 Å². The van der Waals surface area contributed by atoms with Crippen molar-refractivity contribution in [2.45, 2.75) is 33.7 Å². The predicted molar refractivity (Wildman–Crippen MR) is 45.6 cm³/mol. The first-order valence-electron chi connectivity index (χ1n) is 3.59. The van der Waals surface area contributed by atoms with Crippen molar-refractivity contribution in [3.8, 4) is 0 Å². The van der Waals surface area contributed by atoms with Crippen LogP contribution in [0.5, 0.6) is 0 Å². The van der Waals surface area contributed by atoms with Crippen molar-refractivity contribution in [1.29, 1.82) is 0 Å². The molecule has 3 nitrogen and oxygen atoms in total. The van der Waals surface area contributed by atoms with E-state index in [9.17, 15) is 8.76 Å². The van der Waals surface area contributed by atoms with Gasteiger partial charge in [-0.3, -0.25) is 4.21 Å². The first-order chi connectivity index (χ1) is 4.76. The van der Waals surface area contributed by atoms with Crippen LogP contribution >= 0.6 is 0 Å². The molecule has 0 aromatic carbocycles. The normalized spacial score (nSPS) is 18.5. The molecule has 11 heavy (non-hydrogen) atoms. The summed E-state index contributed by atoms with van der Waals surface area (Å²) in [6.45, 7) is 7.94. The molecule has 2 atom stereocenters. The third kappa shape index (κ3) is 3.31. The molecular formula is C7H16NO2S-. The average molecular weight is 178 g/mol. The second-order valence-electron chi connectivity index (χ2n) is 3.81. The predicted octanol–water partition coefficient (Wildman–Crippen LogP) is 1.15. The molecular weight excluding hydrogens is 162 g/mol. The van der Waals surface area contributed by atoms with Crippen LogP contribution in [-0.2, 0) is 11.3 Å². The molecule has 0 rings (SSSR count). The maximum atomic E-state index is 10.5. The fourth-order valence-corrected chi connectivity index (χ4v) is 1.25. The van der Waals surface area contributed by atoms with Crippen molar-refractivity contribution in [1.82, 2.24) is 4.31 Å². The summed E-state index contributed by atoms with van der Waals surface area (Å²) in [6.07, 6.45) is 0. The van der Waals surface area contributed by atoms with Crippen LogP contribution in [0.25, 0.3) is 0 Å². The second kappa shape index (κ2) is 3.65. The zero-order valence-electron chi connectivity index (χ0n) is 7.75. The van der Waals surface area contributed by atoms with Gasteiger partial charge < -0.3 is 4.55 Å². The summed E-state index contributed by atoms with van der Waals surface area (Å²) >= 11 is -2.10. The van der Waals surface area contributed by atoms with E-state index in [2.05, 4.69) is 0 Å². The Morgan fingerprint density at radius 2 is 1.82 bits per heavy atom. The van der Waals surface area contributed by atoms with E-state index in [0.717, 1.165) is 0 Å². The molecule has 2 unspecified atom stereocenters. The van der Waals surface area contributed by atoms with Gasteiger partial charge in [-0.05, 0) is 19.4 Å². The lowest BCUT2D eigenvalue weighted by Crippen LogP contribution is -2.40. The van der Waals surface area contributed by atoms with E-state index in [0.29, 0.717) is 0 Å². The van der Waals surface area contributed by atoms with Gasteiger partial charge in [0.15, 0.2) is 0 Å². The van der Waals surface area contributed by atoms with E-state index < -0.39 is 11.3 Å². The van der Waals surface area contributed by atoms with Crippen LogP contribution in [0, 0.1) is 5.41 Å². The summed E-state index contributed by atoms with van der Waals surface area (Å²) in [7, 11) is 1.58. The molecule has 0 aliphatic heterocycles. The average Bonchev–Trinajstić information content (AvgIpc) is 1.82. The molecule has 0 amide bonds. The Hall–Kier alpha value is 0.0700. The maximum Gasteiger partial charge on any atom is 0.0232 e. The van der Waals surface area contributed by atoms with E-state index >= 15 is 0 Å². The molecule has 4 heteroatoms. The molecule has 0 N–H and O–H groups in total. The van der Waals surface area contributed by atoms with Crippen LogP contribution in [0.3, 0.4) is 0 Å². The van der Waals surface area contributed by atoms with Crippen LogP contribution in [0.2, 0.25) is 0 Å². The van der Waals surface area contributed by atoms with Crippen molar-refractivity contribution in [3.63, 3.8) is 0 Å². The summed E-state index contributed by atoms with van der Waals surface area (Å²) in [5.74, 6) is 0. The minimum absolute atomic E-state index is 0.00514. The first-order valence-corrected chi connectivity index (χ1v) is 4.62. The summed E-state index contributed by atoms with van der Waals surface area (Å²) in [5, 5.41) is 0. The Morgan fingerprint density at radius 3 is 1.91 bits per heavy atom. The van der Waals surface area contributed by atoms with Crippen molar-refractivity contribution in [3.05, 3.63) is 0 Å². The summed E-state index contributed by atoms with van der Waals surface area (Å²) in [6, 6.07) is 0.0285. The Kier molecular flexibility index (Phi) is 3.67. The molecule has 0 aromatic heterocycles. The molecule has 0 heterocycles. The smallest absolute Gasteiger partial charge is 0.0232 e. The molecule has 0 saturated carbocycles. The van der Waals surface area contributed by atoms with Crippen molar-refractivity contribution in [2.24, 2.45) is 5.41 Å². The highest BCUT2D eigenvalue weighted by Crippen LogP contribution is 2.23. The largest absolute Gasteiger partial charge is 0.760 e. The third-order valence-electron chi connectivity index (χ3n) is 2.03. The Balaban J connectivity index is 4.25. The van der Waals surface area contributed by atoms with Crippen LogP contribution in [0.1, 0.15) is 27.7 Å². The van der Waals surface area contributed by atoms with Gasteiger partial charge >= 0.3 is 0 Å². The highest BCUT2D eigenvalue weighted by Gasteiger charge is 2.23. The molecule has 0 aliphatic carbocycles. The Bertz CT molecular complexity index is 153. The SMILES string of the molecule is CC(N(C)S(=O)[O-])C(C)(C)C. The van der Waals surface area contributed by atoms with Crippen LogP contribution < -0.4 is 0 Å². The standard InChI is InChI=1S/C7H17NO2S/c1-6(7(2,3)4)8(5)11(9)10/h6H,1-5H3,(H,9,10)/p-1. The lowest BCUT2D eigenvalue weighted by molar-refractivity contribution is 0.212. The highest BCUT2D eigenvalue weighted by atomic mass is 32.2. The third-order valence-corrected chi connectivity index (χ3v) is 2.82. The fourth-order valence-electron chi connectivity index (χ4n) is 0.675. The van der Waals surface area contributed by atoms with E-state index in [1.54, 1.807) is 7.05 Å². The molecule has 0 saturated heterocycles. The molecule has 0 aliphatic rings. The van der Waals surface area contributed by atoms with Gasteiger partial charge in [0, 0.05) is 17.3 Å². The highest BCUT2D eigenvalue weighted by molar-refractivity contribution is 7.76.